The highest BCUT2D eigenvalue weighted by molar-refractivity contribution is 7.07. The summed E-state index contributed by atoms with van der Waals surface area (Å²) in [6.45, 7) is 0. The van der Waals surface area contributed by atoms with Crippen molar-refractivity contribution < 1.29 is 0 Å². The SMILES string of the molecule is c1ccn2cccc2c1.c1ccsc1. The predicted octanol–water partition coefficient (Wildman–Crippen LogP) is 3.69. The molecule has 0 fully saturated rings. The van der Waals surface area contributed by atoms with Crippen molar-refractivity contribution in [3.63, 3.8) is 0 Å². The largest absolute Gasteiger partial charge is 0.324 e. The van der Waals surface area contributed by atoms with Gasteiger partial charge in [-0.25, -0.2) is 0 Å². The van der Waals surface area contributed by atoms with Gasteiger partial charge in [-0.05, 0) is 35.0 Å². The van der Waals surface area contributed by atoms with Gasteiger partial charge in [0, 0.05) is 17.9 Å². The van der Waals surface area contributed by atoms with E-state index in [1.165, 1.54) is 5.52 Å². The van der Waals surface area contributed by atoms with E-state index in [-0.39, 0.29) is 0 Å². The van der Waals surface area contributed by atoms with Gasteiger partial charge in [0.15, 0.2) is 0 Å². The van der Waals surface area contributed by atoms with Crippen molar-refractivity contribution in [2.45, 2.75) is 0 Å². The molecule has 14 heavy (non-hydrogen) atoms. The number of nitrogens with zero attached hydrogens (tertiary/aromatic N) is 1. The summed E-state index contributed by atoms with van der Waals surface area (Å²) in [5.74, 6) is 0. The molecule has 0 aliphatic heterocycles. The number of hydrogen-bond acceptors (Lipinski definition) is 1. The fourth-order valence-corrected chi connectivity index (χ4v) is 1.66. The minimum atomic E-state index is 1.25. The van der Waals surface area contributed by atoms with Crippen molar-refractivity contribution in [3.05, 3.63) is 65.6 Å². The number of aromatic nitrogens is 1. The molecular weight excluding hydrogens is 190 g/mol. The van der Waals surface area contributed by atoms with Crippen LogP contribution in [0.25, 0.3) is 5.52 Å². The van der Waals surface area contributed by atoms with Gasteiger partial charge < -0.3 is 4.40 Å². The summed E-state index contributed by atoms with van der Waals surface area (Å²) in [5, 5.41) is 4.08. The molecule has 0 saturated carbocycles. The molecule has 0 amide bonds. The Morgan fingerprint density at radius 2 is 1.50 bits per heavy atom. The Hall–Kier alpha value is -1.54. The van der Waals surface area contributed by atoms with E-state index >= 15 is 0 Å². The lowest BCUT2D eigenvalue weighted by molar-refractivity contribution is 1.20. The van der Waals surface area contributed by atoms with Gasteiger partial charge in [-0.15, -0.1) is 0 Å². The maximum absolute atomic E-state index is 2.08. The molecule has 70 valence electrons. The van der Waals surface area contributed by atoms with E-state index in [1.807, 2.05) is 53.5 Å². The van der Waals surface area contributed by atoms with Crippen molar-refractivity contribution in [2.24, 2.45) is 0 Å². The summed E-state index contributed by atoms with van der Waals surface area (Å²) in [4.78, 5) is 0. The van der Waals surface area contributed by atoms with E-state index in [9.17, 15) is 0 Å². The molecule has 0 spiro atoms. The second kappa shape index (κ2) is 4.63. The molecule has 3 aromatic rings. The van der Waals surface area contributed by atoms with Crippen molar-refractivity contribution in [1.82, 2.24) is 4.40 Å². The fourth-order valence-electron chi connectivity index (χ4n) is 1.21. The molecule has 0 atom stereocenters. The van der Waals surface area contributed by atoms with Crippen LogP contribution in [0.4, 0.5) is 0 Å². The molecule has 0 aliphatic carbocycles. The first-order valence-corrected chi connectivity index (χ1v) is 5.40. The minimum absolute atomic E-state index is 1.25. The van der Waals surface area contributed by atoms with E-state index in [1.54, 1.807) is 11.3 Å². The second-order valence-corrected chi connectivity index (χ2v) is 3.65. The van der Waals surface area contributed by atoms with Crippen LogP contribution in [-0.2, 0) is 0 Å². The fraction of sp³-hybridized carbons (Fsp3) is 0. The highest BCUT2D eigenvalue weighted by atomic mass is 32.1. The normalized spacial score (nSPS) is 9.43. The Morgan fingerprint density at radius 3 is 2.14 bits per heavy atom. The topological polar surface area (TPSA) is 4.41 Å². The van der Waals surface area contributed by atoms with Gasteiger partial charge in [0.2, 0.25) is 0 Å². The van der Waals surface area contributed by atoms with Crippen molar-refractivity contribution in [2.75, 3.05) is 0 Å². The molecular formula is C12H11NS. The average molecular weight is 201 g/mol. The predicted molar refractivity (Wildman–Crippen MR) is 61.7 cm³/mol. The smallest absolute Gasteiger partial charge is 0.0449 e. The third kappa shape index (κ3) is 2.24. The molecule has 2 heteroatoms. The van der Waals surface area contributed by atoms with Gasteiger partial charge in [0.1, 0.15) is 0 Å². The van der Waals surface area contributed by atoms with Gasteiger partial charge in [-0.2, -0.15) is 11.3 Å². The van der Waals surface area contributed by atoms with Crippen LogP contribution in [0.1, 0.15) is 0 Å². The number of pyridine rings is 1. The van der Waals surface area contributed by atoms with E-state index in [0.717, 1.165) is 0 Å². The summed E-state index contributed by atoms with van der Waals surface area (Å²) < 4.78 is 2.08. The standard InChI is InChI=1S/C8H7N.C4H4S/c1-2-6-9-7-3-5-8(9)4-1;1-2-4-5-3-1/h1-7H;1-4H. The Morgan fingerprint density at radius 1 is 0.786 bits per heavy atom. The van der Waals surface area contributed by atoms with Crippen molar-refractivity contribution in [1.29, 1.82) is 0 Å². The van der Waals surface area contributed by atoms with Gasteiger partial charge in [0.25, 0.3) is 0 Å². The zero-order chi connectivity index (χ0) is 9.64. The minimum Gasteiger partial charge on any atom is -0.324 e. The summed E-state index contributed by atoms with van der Waals surface area (Å²) in [7, 11) is 0. The van der Waals surface area contributed by atoms with Crippen molar-refractivity contribution in [3.8, 4) is 0 Å². The maximum Gasteiger partial charge on any atom is 0.0449 e. The molecule has 0 saturated heterocycles. The van der Waals surface area contributed by atoms with Gasteiger partial charge >= 0.3 is 0 Å². The van der Waals surface area contributed by atoms with E-state index in [4.69, 9.17) is 0 Å². The number of rotatable bonds is 0. The number of fused-ring (bicyclic) bond motifs is 1. The monoisotopic (exact) mass is 201 g/mol. The lowest BCUT2D eigenvalue weighted by Crippen LogP contribution is -1.75. The highest BCUT2D eigenvalue weighted by Crippen LogP contribution is 2.01. The van der Waals surface area contributed by atoms with Crippen LogP contribution in [0, 0.1) is 0 Å². The van der Waals surface area contributed by atoms with Crippen LogP contribution in [-0.4, -0.2) is 4.40 Å². The Bertz CT molecular complexity index is 420. The summed E-state index contributed by atoms with van der Waals surface area (Å²) in [6, 6.07) is 14.3. The summed E-state index contributed by atoms with van der Waals surface area (Å²) in [6.07, 6.45) is 4.07. The zero-order valence-electron chi connectivity index (χ0n) is 7.71. The average Bonchev–Trinajstić information content (AvgIpc) is 2.92. The molecule has 0 unspecified atom stereocenters. The Kier molecular flexibility index (Phi) is 2.99. The van der Waals surface area contributed by atoms with E-state index < -0.39 is 0 Å². The first-order chi connectivity index (χ1) is 6.97. The highest BCUT2D eigenvalue weighted by Gasteiger charge is 1.83. The van der Waals surface area contributed by atoms with E-state index in [2.05, 4.69) is 16.5 Å². The molecule has 0 bridgehead atoms. The quantitative estimate of drug-likeness (QED) is 0.522. The summed E-state index contributed by atoms with van der Waals surface area (Å²) in [5.41, 5.74) is 1.25. The van der Waals surface area contributed by atoms with Crippen LogP contribution in [0.5, 0.6) is 0 Å². The molecule has 0 N–H and O–H groups in total. The van der Waals surface area contributed by atoms with Crippen LogP contribution >= 0.6 is 11.3 Å². The third-order valence-corrected chi connectivity index (χ3v) is 2.49. The zero-order valence-corrected chi connectivity index (χ0v) is 8.52. The van der Waals surface area contributed by atoms with Gasteiger partial charge in [-0.3, -0.25) is 0 Å². The van der Waals surface area contributed by atoms with Crippen LogP contribution in [0.15, 0.2) is 65.6 Å². The van der Waals surface area contributed by atoms with Crippen LogP contribution in [0.3, 0.4) is 0 Å². The molecule has 0 aromatic carbocycles. The van der Waals surface area contributed by atoms with Crippen LogP contribution in [0.2, 0.25) is 0 Å². The molecule has 1 nitrogen and oxygen atoms in total. The lowest BCUT2D eigenvalue weighted by atomic mass is 10.4. The Labute approximate surface area is 87.3 Å². The molecule has 3 aromatic heterocycles. The number of hydrogen-bond donors (Lipinski definition) is 0. The van der Waals surface area contributed by atoms with Gasteiger partial charge in [0.05, 0.1) is 0 Å². The van der Waals surface area contributed by atoms with Gasteiger partial charge in [-0.1, -0.05) is 18.2 Å². The van der Waals surface area contributed by atoms with Crippen molar-refractivity contribution >= 4 is 16.9 Å². The van der Waals surface area contributed by atoms with E-state index in [0.29, 0.717) is 0 Å². The molecule has 0 radical (unpaired) electrons. The lowest BCUT2D eigenvalue weighted by Gasteiger charge is -1.88. The Balaban J connectivity index is 0.000000128. The first-order valence-electron chi connectivity index (χ1n) is 4.46. The third-order valence-electron chi connectivity index (χ3n) is 1.86. The molecule has 0 aliphatic rings. The summed E-state index contributed by atoms with van der Waals surface area (Å²) >= 11 is 1.71. The molecule has 3 rings (SSSR count). The first kappa shape index (κ1) is 9.03. The molecule has 3 heterocycles. The maximum atomic E-state index is 2.08. The van der Waals surface area contributed by atoms with Crippen LogP contribution < -0.4 is 0 Å². The number of thiophene rings is 1. The second-order valence-electron chi connectivity index (χ2n) is 2.83.